The van der Waals surface area contributed by atoms with Crippen molar-refractivity contribution in [2.45, 2.75) is 109 Å². The van der Waals surface area contributed by atoms with Crippen LogP contribution in [0.1, 0.15) is 60.8 Å². The Hall–Kier alpha value is -2.04. The molecule has 0 aromatic rings. The van der Waals surface area contributed by atoms with Gasteiger partial charge in [-0.2, -0.15) is 0 Å². The molecule has 8 unspecified atom stereocenters. The quantitative estimate of drug-likeness (QED) is 0.198. The summed E-state index contributed by atoms with van der Waals surface area (Å²) in [6, 6.07) is -0.114. The van der Waals surface area contributed by atoms with E-state index in [0.717, 1.165) is 12.0 Å². The van der Waals surface area contributed by atoms with Crippen LogP contribution >= 0.6 is 0 Å². The highest BCUT2D eigenvalue weighted by molar-refractivity contribution is 5.87. The minimum absolute atomic E-state index is 0.0106. The van der Waals surface area contributed by atoms with E-state index in [9.17, 15) is 19.8 Å². The van der Waals surface area contributed by atoms with Crippen molar-refractivity contribution < 1.29 is 38.7 Å². The van der Waals surface area contributed by atoms with Crippen LogP contribution in [0.2, 0.25) is 0 Å². The van der Waals surface area contributed by atoms with Gasteiger partial charge in [0.2, 0.25) is 5.91 Å². The first kappa shape index (κ1) is 28.5. The fourth-order valence-corrected chi connectivity index (χ4v) is 4.95. The Kier molecular flexibility index (Phi) is 9.16. The summed E-state index contributed by atoms with van der Waals surface area (Å²) >= 11 is 0. The number of carbonyl (C=O) groups excluding carboxylic acids is 2. The van der Waals surface area contributed by atoms with E-state index in [2.05, 4.69) is 18.3 Å². The number of nitrogens with one attached hydrogen (secondary N) is 1. The molecule has 36 heavy (non-hydrogen) atoms. The fraction of sp³-hybridized carbons (Fsp3) is 0.704. The van der Waals surface area contributed by atoms with Crippen LogP contribution in [0.4, 0.5) is 0 Å². The van der Waals surface area contributed by atoms with E-state index in [1.54, 1.807) is 26.0 Å². The molecule has 0 bridgehead atoms. The maximum absolute atomic E-state index is 12.3. The first-order chi connectivity index (χ1) is 16.8. The van der Waals surface area contributed by atoms with E-state index in [1.807, 2.05) is 19.9 Å². The number of aliphatic hydroxyl groups excluding tert-OH is 1. The molecule has 202 valence electrons. The lowest BCUT2D eigenvalue weighted by atomic mass is 9.87. The van der Waals surface area contributed by atoms with Crippen LogP contribution in [0.3, 0.4) is 0 Å². The molecule has 0 radical (unpaired) electrons. The van der Waals surface area contributed by atoms with Gasteiger partial charge in [0.25, 0.3) is 0 Å². The standard InChI is InChI=1S/C27H41NO8/c1-16(8-11-23-25(31)27(15-33-27)14-26(6,32)36-23)7-10-22-17(2)13-21(19(4)35-22)28-24(30)12-9-18(3)34-20(5)29/h7-9,11-12,17-19,21-23,25,31-32H,10,13-15H2,1-6H3,(H,28,30)/t17?,18?,19?,21?,22?,23?,25-,26?,27?/m1/s1. The van der Waals surface area contributed by atoms with Crippen LogP contribution in [0.5, 0.6) is 0 Å². The molecule has 3 fully saturated rings. The highest BCUT2D eigenvalue weighted by Crippen LogP contribution is 2.45. The van der Waals surface area contributed by atoms with Gasteiger partial charge in [0.15, 0.2) is 5.79 Å². The van der Waals surface area contributed by atoms with Gasteiger partial charge in [0, 0.05) is 19.4 Å². The summed E-state index contributed by atoms with van der Waals surface area (Å²) in [7, 11) is 0. The average molecular weight is 508 g/mol. The third-order valence-electron chi connectivity index (χ3n) is 7.02. The number of hydrogen-bond donors (Lipinski definition) is 3. The molecule has 9 heteroatoms. The fourth-order valence-electron chi connectivity index (χ4n) is 4.95. The molecule has 0 aromatic heterocycles. The normalized spacial score (nSPS) is 39.9. The number of hydrogen-bond acceptors (Lipinski definition) is 8. The summed E-state index contributed by atoms with van der Waals surface area (Å²) < 4.78 is 22.3. The number of rotatable bonds is 8. The summed E-state index contributed by atoms with van der Waals surface area (Å²) in [6.07, 6.45) is 8.33. The SMILES string of the molecule is CC(=O)OC(C)C=CC(=O)NC1CC(C)C(CC=C(C)C=CC2OC(C)(O)CC3(CO3)[C@@H]2O)OC1C. The van der Waals surface area contributed by atoms with Gasteiger partial charge in [-0.3, -0.25) is 9.59 Å². The number of carbonyl (C=O) groups is 2. The number of epoxide rings is 1. The van der Waals surface area contributed by atoms with Crippen molar-refractivity contribution in [3.05, 3.63) is 36.0 Å². The van der Waals surface area contributed by atoms with Crippen molar-refractivity contribution in [1.82, 2.24) is 5.32 Å². The molecule has 9 atom stereocenters. The summed E-state index contributed by atoms with van der Waals surface area (Å²) in [5.74, 6) is -1.75. The van der Waals surface area contributed by atoms with Crippen LogP contribution in [0.25, 0.3) is 0 Å². The Bertz CT molecular complexity index is 890. The predicted octanol–water partition coefficient (Wildman–Crippen LogP) is 2.31. The number of esters is 1. The van der Waals surface area contributed by atoms with Gasteiger partial charge in [-0.25, -0.2) is 0 Å². The van der Waals surface area contributed by atoms with Crippen LogP contribution < -0.4 is 5.32 Å². The Balaban J connectivity index is 1.49. The van der Waals surface area contributed by atoms with Crippen molar-refractivity contribution in [2.75, 3.05) is 6.61 Å². The topological polar surface area (TPSA) is 127 Å². The van der Waals surface area contributed by atoms with Crippen molar-refractivity contribution >= 4 is 11.9 Å². The van der Waals surface area contributed by atoms with E-state index in [-0.39, 0.29) is 36.5 Å². The summed E-state index contributed by atoms with van der Waals surface area (Å²) in [5, 5.41) is 23.9. The van der Waals surface area contributed by atoms with Gasteiger partial charge >= 0.3 is 5.97 Å². The van der Waals surface area contributed by atoms with Crippen LogP contribution in [-0.2, 0) is 28.5 Å². The number of allylic oxidation sites excluding steroid dienone is 2. The monoisotopic (exact) mass is 507 g/mol. The van der Waals surface area contributed by atoms with Crippen LogP contribution in [-0.4, -0.2) is 76.6 Å². The van der Waals surface area contributed by atoms with Crippen molar-refractivity contribution in [1.29, 1.82) is 0 Å². The molecule has 9 nitrogen and oxygen atoms in total. The minimum atomic E-state index is -1.34. The molecule has 3 aliphatic heterocycles. The lowest BCUT2D eigenvalue weighted by Gasteiger charge is -2.40. The molecule has 3 saturated heterocycles. The first-order valence-corrected chi connectivity index (χ1v) is 12.7. The number of aliphatic hydroxyl groups is 2. The maximum atomic E-state index is 12.3. The zero-order valence-electron chi connectivity index (χ0n) is 22.1. The van der Waals surface area contributed by atoms with Crippen molar-refractivity contribution in [3.63, 3.8) is 0 Å². The molecule has 0 aliphatic carbocycles. The van der Waals surface area contributed by atoms with E-state index >= 15 is 0 Å². The Morgan fingerprint density at radius 1 is 1.25 bits per heavy atom. The number of amides is 1. The van der Waals surface area contributed by atoms with E-state index in [4.69, 9.17) is 18.9 Å². The molecule has 3 aliphatic rings. The Labute approximate surface area is 213 Å². The summed E-state index contributed by atoms with van der Waals surface area (Å²) in [6.45, 7) is 11.1. The highest BCUT2D eigenvalue weighted by Gasteiger charge is 2.61. The first-order valence-electron chi connectivity index (χ1n) is 12.7. The second-order valence-electron chi connectivity index (χ2n) is 10.7. The zero-order valence-corrected chi connectivity index (χ0v) is 22.1. The molecular formula is C27H41NO8. The third kappa shape index (κ3) is 7.73. The Morgan fingerprint density at radius 2 is 1.94 bits per heavy atom. The van der Waals surface area contributed by atoms with Gasteiger partial charge in [0.05, 0.1) is 24.9 Å². The molecule has 1 spiro atoms. The lowest BCUT2D eigenvalue weighted by molar-refractivity contribution is -0.272. The van der Waals surface area contributed by atoms with E-state index in [1.165, 1.54) is 13.0 Å². The molecule has 0 saturated carbocycles. The minimum Gasteiger partial charge on any atom is -0.459 e. The lowest BCUT2D eigenvalue weighted by Crippen LogP contribution is -2.54. The predicted molar refractivity (Wildman–Crippen MR) is 133 cm³/mol. The van der Waals surface area contributed by atoms with Crippen molar-refractivity contribution in [2.24, 2.45) is 5.92 Å². The third-order valence-corrected chi connectivity index (χ3v) is 7.02. The molecule has 3 rings (SSSR count). The zero-order chi connectivity index (χ0) is 26.7. The molecule has 3 N–H and O–H groups in total. The van der Waals surface area contributed by atoms with Gasteiger partial charge in [-0.1, -0.05) is 30.7 Å². The van der Waals surface area contributed by atoms with E-state index in [0.29, 0.717) is 13.0 Å². The van der Waals surface area contributed by atoms with Crippen LogP contribution in [0, 0.1) is 5.92 Å². The molecule has 3 heterocycles. The van der Waals surface area contributed by atoms with Gasteiger partial charge in [0.1, 0.15) is 23.9 Å². The second kappa shape index (κ2) is 11.6. The largest absolute Gasteiger partial charge is 0.459 e. The van der Waals surface area contributed by atoms with Gasteiger partial charge < -0.3 is 34.5 Å². The summed E-state index contributed by atoms with van der Waals surface area (Å²) in [5.41, 5.74) is 0.283. The van der Waals surface area contributed by atoms with Gasteiger partial charge in [-0.05, 0) is 52.5 Å². The van der Waals surface area contributed by atoms with Crippen molar-refractivity contribution in [3.8, 4) is 0 Å². The smallest absolute Gasteiger partial charge is 0.303 e. The molecule has 0 aromatic carbocycles. The summed E-state index contributed by atoms with van der Waals surface area (Å²) in [4.78, 5) is 23.3. The average Bonchev–Trinajstić information content (AvgIpc) is 3.54. The Morgan fingerprint density at radius 3 is 2.58 bits per heavy atom. The highest BCUT2D eigenvalue weighted by atomic mass is 16.7. The molecular weight excluding hydrogens is 466 g/mol. The maximum Gasteiger partial charge on any atom is 0.303 e. The van der Waals surface area contributed by atoms with Gasteiger partial charge in [-0.15, -0.1) is 0 Å². The molecule has 1 amide bonds. The van der Waals surface area contributed by atoms with E-state index < -0.39 is 35.7 Å². The van der Waals surface area contributed by atoms with Crippen LogP contribution in [0.15, 0.2) is 36.0 Å². The number of ether oxygens (including phenoxy) is 4. The second-order valence-corrected chi connectivity index (χ2v) is 10.7.